The zero-order valence-corrected chi connectivity index (χ0v) is 8.39. The molecule has 1 N–H and O–H groups in total. The molecule has 6 heteroatoms. The van der Waals surface area contributed by atoms with E-state index < -0.39 is 12.4 Å². The van der Waals surface area contributed by atoms with Crippen LogP contribution in [-0.4, -0.2) is 11.4 Å². The molecule has 15 heavy (non-hydrogen) atoms. The molecule has 1 aliphatic heterocycles. The Bertz CT molecular complexity index is 407. The molecule has 0 saturated heterocycles. The number of aliphatic hydroxyl groups is 1. The molecule has 0 amide bonds. The summed E-state index contributed by atoms with van der Waals surface area (Å²) < 4.78 is 34.0. The van der Waals surface area contributed by atoms with Gasteiger partial charge in [0.2, 0.25) is 0 Å². The number of aliphatic hydroxyl groups excluding tert-OH is 1. The Morgan fingerprint density at radius 2 is 2.07 bits per heavy atom. The normalized spacial score (nSPS) is 19.0. The monoisotopic (exact) mass is 236 g/mol. The highest BCUT2D eigenvalue weighted by Crippen LogP contribution is 2.47. The van der Waals surface area contributed by atoms with E-state index in [9.17, 15) is 13.9 Å². The largest absolute Gasteiger partial charge is 0.586 e. The van der Waals surface area contributed by atoms with Crippen LogP contribution >= 0.6 is 11.6 Å². The number of hydrogen-bond acceptors (Lipinski definition) is 3. The fraction of sp³-hybridized carbons (Fsp3) is 0.333. The van der Waals surface area contributed by atoms with Crippen LogP contribution in [0.5, 0.6) is 11.5 Å². The summed E-state index contributed by atoms with van der Waals surface area (Å²) in [6, 6.07) is 2.64. The first kappa shape index (κ1) is 10.4. The van der Waals surface area contributed by atoms with Gasteiger partial charge in [-0.1, -0.05) is 11.6 Å². The smallest absolute Gasteiger partial charge is 0.395 e. The standard InChI is InChI=1S/C9H7ClF2O3/c1-4(13)7-5(10)2-3-6-8(7)15-9(11,12)14-6/h2-4,13H,1H3. The van der Waals surface area contributed by atoms with E-state index in [1.807, 2.05) is 0 Å². The summed E-state index contributed by atoms with van der Waals surface area (Å²) in [6.45, 7) is 1.40. The molecule has 1 heterocycles. The highest BCUT2D eigenvalue weighted by molar-refractivity contribution is 6.31. The lowest BCUT2D eigenvalue weighted by Crippen LogP contribution is -2.26. The summed E-state index contributed by atoms with van der Waals surface area (Å²) in [5, 5.41) is 9.53. The highest BCUT2D eigenvalue weighted by atomic mass is 35.5. The van der Waals surface area contributed by atoms with Crippen molar-refractivity contribution in [1.82, 2.24) is 0 Å². The van der Waals surface area contributed by atoms with Gasteiger partial charge in [0.25, 0.3) is 0 Å². The van der Waals surface area contributed by atoms with E-state index in [-0.39, 0.29) is 22.1 Å². The molecular weight excluding hydrogens is 230 g/mol. The van der Waals surface area contributed by atoms with Crippen molar-refractivity contribution in [2.45, 2.75) is 19.3 Å². The number of alkyl halides is 2. The van der Waals surface area contributed by atoms with Crippen molar-refractivity contribution in [1.29, 1.82) is 0 Å². The van der Waals surface area contributed by atoms with Crippen molar-refractivity contribution in [3.8, 4) is 11.5 Å². The Morgan fingerprint density at radius 1 is 1.40 bits per heavy atom. The van der Waals surface area contributed by atoms with Crippen molar-refractivity contribution in [2.75, 3.05) is 0 Å². The quantitative estimate of drug-likeness (QED) is 0.815. The fourth-order valence-corrected chi connectivity index (χ4v) is 1.70. The molecule has 1 aliphatic rings. The Morgan fingerprint density at radius 3 is 2.67 bits per heavy atom. The van der Waals surface area contributed by atoms with Crippen LogP contribution in [0.15, 0.2) is 12.1 Å². The van der Waals surface area contributed by atoms with Gasteiger partial charge < -0.3 is 14.6 Å². The lowest BCUT2D eigenvalue weighted by molar-refractivity contribution is -0.287. The molecule has 0 aliphatic carbocycles. The summed E-state index contributed by atoms with van der Waals surface area (Å²) in [5.74, 6) is -0.331. The van der Waals surface area contributed by atoms with E-state index in [0.29, 0.717) is 0 Å². The third-order valence-electron chi connectivity index (χ3n) is 1.97. The van der Waals surface area contributed by atoms with Gasteiger partial charge in [-0.15, -0.1) is 8.78 Å². The van der Waals surface area contributed by atoms with Crippen LogP contribution in [0.1, 0.15) is 18.6 Å². The molecule has 1 aromatic carbocycles. The van der Waals surface area contributed by atoms with Gasteiger partial charge >= 0.3 is 6.29 Å². The maximum atomic E-state index is 12.7. The molecule has 0 fully saturated rings. The molecule has 0 bridgehead atoms. The zero-order valence-electron chi connectivity index (χ0n) is 7.63. The van der Waals surface area contributed by atoms with E-state index in [1.165, 1.54) is 19.1 Å². The molecule has 82 valence electrons. The second-order valence-electron chi connectivity index (χ2n) is 3.13. The number of fused-ring (bicyclic) bond motifs is 1. The molecule has 1 unspecified atom stereocenters. The number of benzene rings is 1. The van der Waals surface area contributed by atoms with Crippen LogP contribution < -0.4 is 9.47 Å². The van der Waals surface area contributed by atoms with E-state index in [4.69, 9.17) is 11.6 Å². The van der Waals surface area contributed by atoms with Crippen LogP contribution in [0, 0.1) is 0 Å². The molecule has 0 saturated carbocycles. The number of hydrogen-bond donors (Lipinski definition) is 1. The Hall–Kier alpha value is -1.07. The van der Waals surface area contributed by atoms with Gasteiger partial charge in [-0.05, 0) is 19.1 Å². The number of halogens is 3. The van der Waals surface area contributed by atoms with Crippen LogP contribution in [-0.2, 0) is 0 Å². The average molecular weight is 237 g/mol. The van der Waals surface area contributed by atoms with Gasteiger partial charge in [0, 0.05) is 5.56 Å². The third kappa shape index (κ3) is 1.72. The van der Waals surface area contributed by atoms with Crippen molar-refractivity contribution < 1.29 is 23.4 Å². The minimum atomic E-state index is -3.70. The van der Waals surface area contributed by atoms with Gasteiger partial charge in [0.1, 0.15) is 0 Å². The maximum Gasteiger partial charge on any atom is 0.586 e. The molecule has 1 atom stereocenters. The summed E-state index contributed by atoms with van der Waals surface area (Å²) in [4.78, 5) is 0. The molecular formula is C9H7ClF2O3. The minimum Gasteiger partial charge on any atom is -0.395 e. The predicted octanol–water partition coefficient (Wildman–Crippen LogP) is 2.71. The first-order chi connectivity index (χ1) is 6.91. The Balaban J connectivity index is 2.55. The third-order valence-corrected chi connectivity index (χ3v) is 2.30. The summed E-state index contributed by atoms with van der Waals surface area (Å²) in [6.07, 6.45) is -4.71. The number of ether oxygens (including phenoxy) is 2. The Kier molecular flexibility index (Phi) is 2.24. The van der Waals surface area contributed by atoms with Gasteiger partial charge in [0.15, 0.2) is 11.5 Å². The van der Waals surface area contributed by atoms with E-state index in [2.05, 4.69) is 9.47 Å². The second kappa shape index (κ2) is 3.21. The van der Waals surface area contributed by atoms with Gasteiger partial charge in [-0.3, -0.25) is 0 Å². The van der Waals surface area contributed by atoms with Crippen molar-refractivity contribution in [2.24, 2.45) is 0 Å². The van der Waals surface area contributed by atoms with Crippen molar-refractivity contribution in [3.63, 3.8) is 0 Å². The highest BCUT2D eigenvalue weighted by Gasteiger charge is 2.45. The lowest BCUT2D eigenvalue weighted by Gasteiger charge is -2.10. The molecule has 0 spiro atoms. The molecule has 0 aromatic heterocycles. The summed E-state index contributed by atoms with van der Waals surface area (Å²) in [7, 11) is 0. The van der Waals surface area contributed by atoms with Crippen LogP contribution in [0.4, 0.5) is 8.78 Å². The fourth-order valence-electron chi connectivity index (χ4n) is 1.40. The predicted molar refractivity (Wildman–Crippen MR) is 48.3 cm³/mol. The first-order valence-corrected chi connectivity index (χ1v) is 4.55. The second-order valence-corrected chi connectivity index (χ2v) is 3.54. The van der Waals surface area contributed by atoms with Gasteiger partial charge in [0.05, 0.1) is 11.1 Å². The van der Waals surface area contributed by atoms with Crippen LogP contribution in [0.25, 0.3) is 0 Å². The summed E-state index contributed by atoms with van der Waals surface area (Å²) >= 11 is 5.76. The zero-order chi connectivity index (χ0) is 11.2. The lowest BCUT2D eigenvalue weighted by atomic mass is 10.1. The Labute approximate surface area is 89.2 Å². The van der Waals surface area contributed by atoms with Crippen LogP contribution in [0.2, 0.25) is 5.02 Å². The minimum absolute atomic E-state index is 0.103. The van der Waals surface area contributed by atoms with Crippen molar-refractivity contribution >= 4 is 11.6 Å². The maximum absolute atomic E-state index is 12.7. The summed E-state index contributed by atoms with van der Waals surface area (Å²) in [5.41, 5.74) is 0.103. The van der Waals surface area contributed by atoms with Crippen molar-refractivity contribution in [3.05, 3.63) is 22.7 Å². The average Bonchev–Trinajstić information content (AvgIpc) is 2.37. The SMILES string of the molecule is CC(O)c1c(Cl)ccc2c1OC(F)(F)O2. The molecule has 2 rings (SSSR count). The van der Waals surface area contributed by atoms with E-state index >= 15 is 0 Å². The first-order valence-electron chi connectivity index (χ1n) is 4.17. The molecule has 0 radical (unpaired) electrons. The molecule has 3 nitrogen and oxygen atoms in total. The van der Waals surface area contributed by atoms with E-state index in [0.717, 1.165) is 0 Å². The number of rotatable bonds is 1. The van der Waals surface area contributed by atoms with E-state index in [1.54, 1.807) is 0 Å². The van der Waals surface area contributed by atoms with Gasteiger partial charge in [-0.25, -0.2) is 0 Å². The molecule has 1 aromatic rings. The topological polar surface area (TPSA) is 38.7 Å². The van der Waals surface area contributed by atoms with Crippen LogP contribution in [0.3, 0.4) is 0 Å². The van der Waals surface area contributed by atoms with Gasteiger partial charge in [-0.2, -0.15) is 0 Å².